The third kappa shape index (κ3) is 4.48. The number of amides is 1. The van der Waals surface area contributed by atoms with E-state index in [9.17, 15) is 4.79 Å². The molecule has 1 amide bonds. The summed E-state index contributed by atoms with van der Waals surface area (Å²) in [5, 5.41) is 3.46. The molecule has 110 valence electrons. The summed E-state index contributed by atoms with van der Waals surface area (Å²) in [6.07, 6.45) is 0. The molecular formula is C17H18INOS. The highest BCUT2D eigenvalue weighted by atomic mass is 127. The number of aryl methyl sites for hydroxylation is 1. The van der Waals surface area contributed by atoms with E-state index < -0.39 is 0 Å². The van der Waals surface area contributed by atoms with Crippen molar-refractivity contribution >= 4 is 45.9 Å². The second-order valence-corrected chi connectivity index (χ2v) is 7.94. The molecule has 0 unspecified atom stereocenters. The van der Waals surface area contributed by atoms with E-state index in [1.807, 2.05) is 43.3 Å². The van der Waals surface area contributed by atoms with Crippen molar-refractivity contribution in [2.75, 3.05) is 5.32 Å². The highest BCUT2D eigenvalue weighted by Crippen LogP contribution is 2.27. The summed E-state index contributed by atoms with van der Waals surface area (Å²) in [6.45, 7) is 6.26. The molecule has 0 spiro atoms. The molecule has 21 heavy (non-hydrogen) atoms. The van der Waals surface area contributed by atoms with E-state index in [-0.39, 0.29) is 5.91 Å². The summed E-state index contributed by atoms with van der Waals surface area (Å²) in [7, 11) is 0. The lowest BCUT2D eigenvalue weighted by Gasteiger charge is -2.13. The SMILES string of the molecule is Cc1cc(I)ccc1NC(=O)c1ccccc1SC(C)C. The third-order valence-corrected chi connectivity index (χ3v) is 4.68. The Labute approximate surface area is 143 Å². The minimum atomic E-state index is -0.0527. The Hall–Kier alpha value is -1.01. The Balaban J connectivity index is 2.24. The summed E-state index contributed by atoms with van der Waals surface area (Å²) in [5.41, 5.74) is 2.67. The predicted molar refractivity (Wildman–Crippen MR) is 99.3 cm³/mol. The lowest BCUT2D eigenvalue weighted by Crippen LogP contribution is -2.14. The van der Waals surface area contributed by atoms with E-state index in [0.717, 1.165) is 21.7 Å². The van der Waals surface area contributed by atoms with Crippen molar-refractivity contribution < 1.29 is 4.79 Å². The minimum absolute atomic E-state index is 0.0527. The van der Waals surface area contributed by atoms with E-state index in [2.05, 4.69) is 47.8 Å². The third-order valence-electron chi connectivity index (χ3n) is 2.93. The van der Waals surface area contributed by atoms with Crippen molar-refractivity contribution in [3.05, 3.63) is 57.2 Å². The van der Waals surface area contributed by atoms with Crippen molar-refractivity contribution in [2.45, 2.75) is 30.9 Å². The normalized spacial score (nSPS) is 10.7. The fourth-order valence-corrected chi connectivity index (χ4v) is 3.57. The van der Waals surface area contributed by atoms with Crippen molar-refractivity contribution in [3.63, 3.8) is 0 Å². The number of rotatable bonds is 4. The van der Waals surface area contributed by atoms with Crippen LogP contribution in [0.4, 0.5) is 5.69 Å². The van der Waals surface area contributed by atoms with Gasteiger partial charge in [-0.1, -0.05) is 26.0 Å². The van der Waals surface area contributed by atoms with Crippen LogP contribution in [0.15, 0.2) is 47.4 Å². The molecule has 0 bridgehead atoms. The van der Waals surface area contributed by atoms with Crippen LogP contribution in [0.5, 0.6) is 0 Å². The predicted octanol–water partition coefficient (Wildman–Crippen LogP) is 5.35. The molecule has 0 aromatic heterocycles. The van der Waals surface area contributed by atoms with E-state index in [0.29, 0.717) is 5.25 Å². The number of thioether (sulfide) groups is 1. The number of benzene rings is 2. The molecule has 0 aliphatic carbocycles. The molecule has 0 radical (unpaired) electrons. The molecule has 1 N–H and O–H groups in total. The molecule has 2 aromatic rings. The van der Waals surface area contributed by atoms with Gasteiger partial charge >= 0.3 is 0 Å². The van der Waals surface area contributed by atoms with Gasteiger partial charge in [0.15, 0.2) is 0 Å². The van der Waals surface area contributed by atoms with Gasteiger partial charge in [-0.25, -0.2) is 0 Å². The molecule has 2 rings (SSSR count). The summed E-state index contributed by atoms with van der Waals surface area (Å²) in [5.74, 6) is -0.0527. The monoisotopic (exact) mass is 411 g/mol. The highest BCUT2D eigenvalue weighted by Gasteiger charge is 2.13. The Morgan fingerprint density at radius 1 is 1.19 bits per heavy atom. The quantitative estimate of drug-likeness (QED) is 0.543. The smallest absolute Gasteiger partial charge is 0.256 e. The van der Waals surface area contributed by atoms with Crippen LogP contribution >= 0.6 is 34.4 Å². The fraction of sp³-hybridized carbons (Fsp3) is 0.235. The maximum atomic E-state index is 12.5. The van der Waals surface area contributed by atoms with Crippen LogP contribution in [0, 0.1) is 10.5 Å². The van der Waals surface area contributed by atoms with E-state index in [1.165, 1.54) is 3.57 Å². The number of hydrogen-bond donors (Lipinski definition) is 1. The molecule has 0 atom stereocenters. The largest absolute Gasteiger partial charge is 0.322 e. The topological polar surface area (TPSA) is 29.1 Å². The zero-order chi connectivity index (χ0) is 15.4. The number of halogens is 1. The molecule has 0 heterocycles. The summed E-state index contributed by atoms with van der Waals surface area (Å²) in [6, 6.07) is 13.8. The van der Waals surface area contributed by atoms with Crippen LogP contribution in [0.1, 0.15) is 29.8 Å². The first-order chi connectivity index (χ1) is 9.97. The number of carbonyl (C=O) groups excluding carboxylic acids is 1. The lowest BCUT2D eigenvalue weighted by atomic mass is 10.1. The first-order valence-electron chi connectivity index (χ1n) is 6.80. The lowest BCUT2D eigenvalue weighted by molar-refractivity contribution is 0.102. The van der Waals surface area contributed by atoms with E-state index >= 15 is 0 Å². The first kappa shape index (κ1) is 16.4. The van der Waals surface area contributed by atoms with Gasteiger partial charge in [0.2, 0.25) is 0 Å². The molecule has 4 heteroatoms. The molecule has 0 aliphatic heterocycles. The highest BCUT2D eigenvalue weighted by molar-refractivity contribution is 14.1. The Morgan fingerprint density at radius 3 is 2.57 bits per heavy atom. The summed E-state index contributed by atoms with van der Waals surface area (Å²) < 4.78 is 1.17. The molecule has 0 saturated carbocycles. The van der Waals surface area contributed by atoms with Crippen molar-refractivity contribution in [1.29, 1.82) is 0 Å². The zero-order valence-corrected chi connectivity index (χ0v) is 15.3. The number of anilines is 1. The maximum Gasteiger partial charge on any atom is 0.256 e. The van der Waals surface area contributed by atoms with Crippen molar-refractivity contribution in [3.8, 4) is 0 Å². The van der Waals surface area contributed by atoms with Gasteiger partial charge in [0.1, 0.15) is 0 Å². The van der Waals surface area contributed by atoms with Gasteiger partial charge in [0.05, 0.1) is 5.56 Å². The average Bonchev–Trinajstić information content (AvgIpc) is 2.42. The van der Waals surface area contributed by atoms with Crippen molar-refractivity contribution in [2.24, 2.45) is 0 Å². The standard InChI is InChI=1S/C17H18INOS/c1-11(2)21-16-7-5-4-6-14(16)17(20)19-15-9-8-13(18)10-12(15)3/h4-11H,1-3H3,(H,19,20). The van der Waals surface area contributed by atoms with Gasteiger partial charge in [-0.15, -0.1) is 11.8 Å². The van der Waals surface area contributed by atoms with Crippen LogP contribution < -0.4 is 5.32 Å². The van der Waals surface area contributed by atoms with Crippen LogP contribution in [0.3, 0.4) is 0 Å². The van der Waals surface area contributed by atoms with Gasteiger partial charge in [-0.05, 0) is 65.4 Å². The molecule has 2 aromatic carbocycles. The van der Waals surface area contributed by atoms with Gasteiger partial charge in [0.25, 0.3) is 5.91 Å². The van der Waals surface area contributed by atoms with Crippen LogP contribution in [0.25, 0.3) is 0 Å². The number of carbonyl (C=O) groups is 1. The Bertz CT molecular complexity index is 655. The van der Waals surface area contributed by atoms with E-state index in [1.54, 1.807) is 11.8 Å². The number of nitrogens with one attached hydrogen (secondary N) is 1. The van der Waals surface area contributed by atoms with Gasteiger partial charge in [-0.2, -0.15) is 0 Å². The van der Waals surface area contributed by atoms with Crippen LogP contribution in [-0.2, 0) is 0 Å². The first-order valence-corrected chi connectivity index (χ1v) is 8.76. The summed E-state index contributed by atoms with van der Waals surface area (Å²) >= 11 is 3.98. The van der Waals surface area contributed by atoms with Crippen LogP contribution in [0.2, 0.25) is 0 Å². The Kier molecular flexibility index (Phi) is 5.70. The fourth-order valence-electron chi connectivity index (χ4n) is 1.97. The second-order valence-electron chi connectivity index (χ2n) is 5.08. The molecule has 0 saturated heterocycles. The van der Waals surface area contributed by atoms with Crippen molar-refractivity contribution in [1.82, 2.24) is 0 Å². The minimum Gasteiger partial charge on any atom is -0.322 e. The van der Waals surface area contributed by atoms with Gasteiger partial charge in [0, 0.05) is 19.4 Å². The molecule has 2 nitrogen and oxygen atoms in total. The Morgan fingerprint density at radius 2 is 1.90 bits per heavy atom. The van der Waals surface area contributed by atoms with E-state index in [4.69, 9.17) is 0 Å². The zero-order valence-electron chi connectivity index (χ0n) is 12.3. The van der Waals surface area contributed by atoms with Gasteiger partial charge in [-0.3, -0.25) is 4.79 Å². The average molecular weight is 411 g/mol. The van der Waals surface area contributed by atoms with Gasteiger partial charge < -0.3 is 5.32 Å². The second kappa shape index (κ2) is 7.31. The maximum absolute atomic E-state index is 12.5. The summed E-state index contributed by atoms with van der Waals surface area (Å²) in [4.78, 5) is 13.5. The number of hydrogen-bond acceptors (Lipinski definition) is 2. The molecule has 0 aliphatic rings. The molecular weight excluding hydrogens is 393 g/mol. The molecule has 0 fully saturated rings. The van der Waals surface area contributed by atoms with Crippen LogP contribution in [-0.4, -0.2) is 11.2 Å².